The number of hydrogen-bond acceptors (Lipinski definition) is 8. The third-order valence-electron chi connectivity index (χ3n) is 6.75. The average Bonchev–Trinajstić information content (AvgIpc) is 3.34. The van der Waals surface area contributed by atoms with Gasteiger partial charge in [-0.25, -0.2) is 9.97 Å². The molecule has 3 N–H and O–H groups in total. The third-order valence-corrected chi connectivity index (χ3v) is 6.75. The Bertz CT molecular complexity index is 1070. The van der Waals surface area contributed by atoms with E-state index in [2.05, 4.69) is 22.0 Å². The summed E-state index contributed by atoms with van der Waals surface area (Å²) in [6.45, 7) is 6.23. The van der Waals surface area contributed by atoms with Crippen LogP contribution in [0.3, 0.4) is 0 Å². The summed E-state index contributed by atoms with van der Waals surface area (Å²) in [7, 11) is 0. The third kappa shape index (κ3) is 3.05. The highest BCUT2D eigenvalue weighted by molar-refractivity contribution is 5.67. The lowest BCUT2D eigenvalue weighted by Gasteiger charge is -2.42. The normalized spacial score (nSPS) is 23.5. The lowest BCUT2D eigenvalue weighted by atomic mass is 9.73. The van der Waals surface area contributed by atoms with E-state index in [4.69, 9.17) is 20.4 Å². The summed E-state index contributed by atoms with van der Waals surface area (Å²) < 4.78 is 7.67. The maximum Gasteiger partial charge on any atom is 0.161 e. The molecule has 2 atom stereocenters. The van der Waals surface area contributed by atoms with Crippen LogP contribution < -0.4 is 10.6 Å². The minimum atomic E-state index is -0.163. The molecule has 158 valence electrons. The first kappa shape index (κ1) is 19.3. The Hall–Kier alpha value is -2.62. The summed E-state index contributed by atoms with van der Waals surface area (Å²) in [6.07, 6.45) is 5.57. The number of aryl methyl sites for hydroxylation is 1. The monoisotopic (exact) mass is 409 g/mol. The molecule has 2 aliphatic rings. The largest absolute Gasteiger partial charge is 0.390 e. The Balaban J connectivity index is 1.43. The van der Waals surface area contributed by atoms with Gasteiger partial charge in [-0.2, -0.15) is 0 Å². The fourth-order valence-electron chi connectivity index (χ4n) is 4.78. The first-order chi connectivity index (χ1) is 14.5. The van der Waals surface area contributed by atoms with Gasteiger partial charge in [0.15, 0.2) is 11.5 Å². The van der Waals surface area contributed by atoms with Gasteiger partial charge in [0.1, 0.15) is 12.0 Å². The zero-order valence-electron chi connectivity index (χ0n) is 17.3. The van der Waals surface area contributed by atoms with Crippen molar-refractivity contribution < 1.29 is 9.84 Å². The van der Waals surface area contributed by atoms with E-state index >= 15 is 0 Å². The minimum Gasteiger partial charge on any atom is -0.390 e. The number of aliphatic hydroxyl groups is 1. The molecule has 0 aromatic carbocycles. The van der Waals surface area contributed by atoms with Gasteiger partial charge in [0, 0.05) is 36.3 Å². The van der Waals surface area contributed by atoms with E-state index in [1.807, 2.05) is 29.7 Å². The fourth-order valence-corrected chi connectivity index (χ4v) is 4.78. The molecule has 3 aromatic rings. The molecule has 0 bridgehead atoms. The summed E-state index contributed by atoms with van der Waals surface area (Å²) in [5.41, 5.74) is 10.3. The smallest absolute Gasteiger partial charge is 0.161 e. The molecule has 3 aromatic heterocycles. The Morgan fingerprint density at radius 3 is 2.80 bits per heavy atom. The Kier molecular flexibility index (Phi) is 4.68. The summed E-state index contributed by atoms with van der Waals surface area (Å²) in [5.74, 6) is 0.762. The van der Waals surface area contributed by atoms with Crippen LogP contribution in [0, 0.1) is 12.3 Å². The zero-order chi connectivity index (χ0) is 20.9. The molecule has 9 nitrogen and oxygen atoms in total. The standard InChI is InChI=1S/C21H27N7O2/c1-13-18(15-3-6-28-12-23-26-17(28)9-15)25-16(10-29)20(24-13)27-7-4-21(5-8-27)11-30-14(2)19(21)22/h3,6,9,12,14,19,29H,4-5,7-8,10-11,22H2,1-2H3/t14-,19+/m0/s1. The summed E-state index contributed by atoms with van der Waals surface area (Å²) >= 11 is 0. The average molecular weight is 409 g/mol. The number of aromatic nitrogens is 5. The van der Waals surface area contributed by atoms with E-state index in [0.29, 0.717) is 5.69 Å². The lowest BCUT2D eigenvalue weighted by Crippen LogP contribution is -2.51. The lowest BCUT2D eigenvalue weighted by molar-refractivity contribution is 0.0973. The highest BCUT2D eigenvalue weighted by atomic mass is 16.5. The summed E-state index contributed by atoms with van der Waals surface area (Å²) in [6, 6.07) is 3.96. The van der Waals surface area contributed by atoms with Crippen LogP contribution in [-0.4, -0.2) is 61.5 Å². The van der Waals surface area contributed by atoms with Gasteiger partial charge in [-0.1, -0.05) is 0 Å². The molecule has 2 saturated heterocycles. The molecule has 0 amide bonds. The van der Waals surface area contributed by atoms with Crippen molar-refractivity contribution in [1.82, 2.24) is 24.6 Å². The molecule has 2 aliphatic heterocycles. The Morgan fingerprint density at radius 1 is 1.30 bits per heavy atom. The molecule has 0 unspecified atom stereocenters. The van der Waals surface area contributed by atoms with Crippen molar-refractivity contribution in [2.75, 3.05) is 24.6 Å². The second-order valence-electron chi connectivity index (χ2n) is 8.49. The number of anilines is 1. The van der Waals surface area contributed by atoms with E-state index in [-0.39, 0.29) is 24.2 Å². The van der Waals surface area contributed by atoms with E-state index in [0.717, 1.165) is 61.0 Å². The van der Waals surface area contributed by atoms with Crippen LogP contribution in [0.25, 0.3) is 16.9 Å². The van der Waals surface area contributed by atoms with E-state index in [1.54, 1.807) is 6.33 Å². The molecule has 5 heterocycles. The van der Waals surface area contributed by atoms with E-state index < -0.39 is 0 Å². The summed E-state index contributed by atoms with van der Waals surface area (Å²) in [5, 5.41) is 18.1. The number of fused-ring (bicyclic) bond motifs is 1. The van der Waals surface area contributed by atoms with Crippen molar-refractivity contribution in [3.8, 4) is 11.3 Å². The predicted molar refractivity (Wildman–Crippen MR) is 112 cm³/mol. The second kappa shape index (κ2) is 7.26. The predicted octanol–water partition coefficient (Wildman–Crippen LogP) is 1.32. The molecule has 0 radical (unpaired) electrons. The van der Waals surface area contributed by atoms with Gasteiger partial charge in [0.25, 0.3) is 0 Å². The molecule has 1 spiro atoms. The molecular formula is C21H27N7O2. The second-order valence-corrected chi connectivity index (χ2v) is 8.49. The maximum absolute atomic E-state index is 10.0. The van der Waals surface area contributed by atoms with E-state index in [1.165, 1.54) is 0 Å². The van der Waals surface area contributed by atoms with Crippen LogP contribution >= 0.6 is 0 Å². The molecular weight excluding hydrogens is 382 g/mol. The Morgan fingerprint density at radius 2 is 2.10 bits per heavy atom. The van der Waals surface area contributed by atoms with Crippen LogP contribution in [-0.2, 0) is 11.3 Å². The fraction of sp³-hybridized carbons (Fsp3) is 0.524. The first-order valence-corrected chi connectivity index (χ1v) is 10.4. The van der Waals surface area contributed by atoms with Gasteiger partial charge >= 0.3 is 0 Å². The molecule has 9 heteroatoms. The van der Waals surface area contributed by atoms with Crippen molar-refractivity contribution in [1.29, 1.82) is 0 Å². The summed E-state index contributed by atoms with van der Waals surface area (Å²) in [4.78, 5) is 11.9. The van der Waals surface area contributed by atoms with Gasteiger partial charge in [-0.05, 0) is 38.8 Å². The number of rotatable bonds is 3. The van der Waals surface area contributed by atoms with Gasteiger partial charge < -0.3 is 20.5 Å². The van der Waals surface area contributed by atoms with Crippen LogP contribution in [0.15, 0.2) is 24.7 Å². The number of hydrogen-bond donors (Lipinski definition) is 2. The van der Waals surface area contributed by atoms with Crippen molar-refractivity contribution in [2.45, 2.75) is 45.4 Å². The number of nitrogens with two attached hydrogens (primary N) is 1. The number of piperidine rings is 1. The van der Waals surface area contributed by atoms with Crippen molar-refractivity contribution >= 4 is 11.5 Å². The van der Waals surface area contributed by atoms with Crippen LogP contribution in [0.2, 0.25) is 0 Å². The van der Waals surface area contributed by atoms with Gasteiger partial charge in [0.05, 0.1) is 30.7 Å². The highest BCUT2D eigenvalue weighted by Gasteiger charge is 2.47. The topological polar surface area (TPSA) is 115 Å². The van der Waals surface area contributed by atoms with Crippen LogP contribution in [0.4, 0.5) is 5.82 Å². The van der Waals surface area contributed by atoms with Crippen LogP contribution in [0.1, 0.15) is 31.2 Å². The molecule has 5 rings (SSSR count). The number of pyridine rings is 1. The number of ether oxygens (including phenoxy) is 1. The highest BCUT2D eigenvalue weighted by Crippen LogP contribution is 2.42. The van der Waals surface area contributed by atoms with Gasteiger partial charge in [-0.15, -0.1) is 10.2 Å². The molecule has 30 heavy (non-hydrogen) atoms. The molecule has 0 aliphatic carbocycles. The quantitative estimate of drug-likeness (QED) is 0.666. The van der Waals surface area contributed by atoms with Crippen molar-refractivity contribution in [3.05, 3.63) is 36.0 Å². The zero-order valence-corrected chi connectivity index (χ0v) is 17.3. The van der Waals surface area contributed by atoms with Crippen molar-refractivity contribution in [3.63, 3.8) is 0 Å². The molecule has 2 fully saturated rings. The van der Waals surface area contributed by atoms with Crippen molar-refractivity contribution in [2.24, 2.45) is 11.1 Å². The van der Waals surface area contributed by atoms with E-state index in [9.17, 15) is 5.11 Å². The minimum absolute atomic E-state index is 0.0470. The van der Waals surface area contributed by atoms with Crippen LogP contribution in [0.5, 0.6) is 0 Å². The maximum atomic E-state index is 10.0. The number of aliphatic hydroxyl groups excluding tert-OH is 1. The van der Waals surface area contributed by atoms with Gasteiger partial charge in [0.2, 0.25) is 0 Å². The Labute approximate surface area is 174 Å². The van der Waals surface area contributed by atoms with Gasteiger partial charge in [-0.3, -0.25) is 4.40 Å². The number of nitrogens with zero attached hydrogens (tertiary/aromatic N) is 6. The SMILES string of the molecule is Cc1nc(N2CCC3(CC2)CO[C@@H](C)[C@H]3N)c(CO)nc1-c1ccn2cnnc2c1. The first-order valence-electron chi connectivity index (χ1n) is 10.4. The molecule has 0 saturated carbocycles.